The van der Waals surface area contributed by atoms with Crippen LogP contribution in [0.25, 0.3) is 0 Å². The minimum atomic E-state index is -0.190. The van der Waals surface area contributed by atoms with Crippen LogP contribution >= 0.6 is 11.6 Å². The summed E-state index contributed by atoms with van der Waals surface area (Å²) in [4.78, 5) is 15.6. The molecular weight excluding hydrogens is 362 g/mol. The standard InChI is InChI=1S/C21H28ClN3O2/c22-16-10-14(20(26)24-17-12-25-8-4-13(17)5-9-25)19-15(18(16)23)11-21(27-19)6-2-1-3-7-21/h10,13,17H,1-9,11-12,23H2,(H,24,26). The molecule has 4 heterocycles. The van der Waals surface area contributed by atoms with Crippen LogP contribution in [0.2, 0.25) is 5.02 Å². The van der Waals surface area contributed by atoms with Gasteiger partial charge in [0, 0.05) is 24.6 Å². The lowest BCUT2D eigenvalue weighted by Crippen LogP contribution is -2.57. The van der Waals surface area contributed by atoms with E-state index in [0.29, 0.717) is 27.9 Å². The van der Waals surface area contributed by atoms with Gasteiger partial charge in [0.25, 0.3) is 5.91 Å². The van der Waals surface area contributed by atoms with Crippen molar-refractivity contribution in [1.29, 1.82) is 0 Å². The van der Waals surface area contributed by atoms with Crippen LogP contribution in [0.4, 0.5) is 5.69 Å². The number of amides is 1. The number of ether oxygens (including phenoxy) is 1. The van der Waals surface area contributed by atoms with Gasteiger partial charge in [0.1, 0.15) is 11.4 Å². The molecule has 1 spiro atoms. The number of hydrogen-bond donors (Lipinski definition) is 2. The molecule has 1 atom stereocenters. The molecule has 27 heavy (non-hydrogen) atoms. The third-order valence-corrected chi connectivity index (χ3v) is 7.48. The first-order chi connectivity index (χ1) is 13.0. The Hall–Kier alpha value is -1.46. The second-order valence-corrected chi connectivity index (χ2v) is 9.28. The van der Waals surface area contributed by atoms with Gasteiger partial charge in [-0.2, -0.15) is 0 Å². The van der Waals surface area contributed by atoms with Gasteiger partial charge < -0.3 is 20.7 Å². The van der Waals surface area contributed by atoms with Crippen molar-refractivity contribution < 1.29 is 9.53 Å². The fraction of sp³-hybridized carbons (Fsp3) is 0.667. The van der Waals surface area contributed by atoms with E-state index in [1.807, 2.05) is 0 Å². The molecule has 146 valence electrons. The fourth-order valence-electron chi connectivity index (χ4n) is 5.58. The van der Waals surface area contributed by atoms with E-state index in [2.05, 4.69) is 10.2 Å². The highest BCUT2D eigenvalue weighted by Crippen LogP contribution is 2.49. The molecule has 0 aromatic heterocycles. The maximum atomic E-state index is 13.2. The largest absolute Gasteiger partial charge is 0.486 e. The Balaban J connectivity index is 1.43. The topological polar surface area (TPSA) is 67.6 Å². The Bertz CT molecular complexity index is 767. The molecule has 3 N–H and O–H groups in total. The molecule has 5 aliphatic rings. The number of nitrogens with two attached hydrogens (primary N) is 1. The van der Waals surface area contributed by atoms with Gasteiger partial charge in [-0.05, 0) is 63.6 Å². The van der Waals surface area contributed by atoms with Crippen LogP contribution in [0.5, 0.6) is 5.75 Å². The Labute approximate surface area is 165 Å². The highest BCUT2D eigenvalue weighted by atomic mass is 35.5. The number of nitrogens with one attached hydrogen (secondary N) is 1. The predicted octanol–water partition coefficient (Wildman–Crippen LogP) is 3.38. The highest BCUT2D eigenvalue weighted by molar-refractivity contribution is 6.33. The van der Waals surface area contributed by atoms with Gasteiger partial charge in [0.05, 0.1) is 16.3 Å². The molecule has 4 aliphatic heterocycles. The first kappa shape index (κ1) is 17.6. The van der Waals surface area contributed by atoms with E-state index in [-0.39, 0.29) is 17.6 Å². The summed E-state index contributed by atoms with van der Waals surface area (Å²) in [6, 6.07) is 1.92. The Kier molecular flexibility index (Phi) is 4.28. The second kappa shape index (κ2) is 6.56. The summed E-state index contributed by atoms with van der Waals surface area (Å²) in [6.07, 6.45) is 8.76. The normalized spacial score (nSPS) is 30.8. The lowest BCUT2D eigenvalue weighted by molar-refractivity contribution is 0.0502. The van der Waals surface area contributed by atoms with Crippen LogP contribution in [0.3, 0.4) is 0 Å². The number of carbonyl (C=O) groups excluding carboxylic acids is 1. The zero-order chi connectivity index (χ0) is 18.6. The summed E-state index contributed by atoms with van der Waals surface area (Å²) >= 11 is 6.41. The van der Waals surface area contributed by atoms with Gasteiger partial charge in [0.15, 0.2) is 0 Å². The molecule has 1 aliphatic carbocycles. The van der Waals surface area contributed by atoms with E-state index in [9.17, 15) is 4.79 Å². The van der Waals surface area contributed by atoms with Crippen molar-refractivity contribution in [1.82, 2.24) is 10.2 Å². The summed E-state index contributed by atoms with van der Waals surface area (Å²) in [5.74, 6) is 1.19. The summed E-state index contributed by atoms with van der Waals surface area (Å²) in [5, 5.41) is 3.74. The number of anilines is 1. The van der Waals surface area contributed by atoms with E-state index in [1.54, 1.807) is 6.07 Å². The average molecular weight is 390 g/mol. The van der Waals surface area contributed by atoms with E-state index in [0.717, 1.165) is 44.5 Å². The first-order valence-corrected chi connectivity index (χ1v) is 10.8. The van der Waals surface area contributed by atoms with Crippen LogP contribution < -0.4 is 15.8 Å². The van der Waals surface area contributed by atoms with Crippen molar-refractivity contribution in [3.05, 3.63) is 22.2 Å². The predicted molar refractivity (Wildman–Crippen MR) is 106 cm³/mol. The monoisotopic (exact) mass is 389 g/mol. The molecule has 2 bridgehead atoms. The van der Waals surface area contributed by atoms with Crippen molar-refractivity contribution in [2.24, 2.45) is 5.92 Å². The molecule has 6 heteroatoms. The van der Waals surface area contributed by atoms with E-state index < -0.39 is 0 Å². The number of nitrogen functional groups attached to an aromatic ring is 1. The molecule has 1 saturated carbocycles. The highest BCUT2D eigenvalue weighted by Gasteiger charge is 2.44. The van der Waals surface area contributed by atoms with Crippen molar-refractivity contribution >= 4 is 23.2 Å². The van der Waals surface area contributed by atoms with Gasteiger partial charge in [-0.15, -0.1) is 0 Å². The van der Waals surface area contributed by atoms with Gasteiger partial charge in [-0.25, -0.2) is 0 Å². The molecule has 5 nitrogen and oxygen atoms in total. The zero-order valence-electron chi connectivity index (χ0n) is 15.7. The van der Waals surface area contributed by atoms with Gasteiger partial charge in [-0.3, -0.25) is 4.79 Å². The summed E-state index contributed by atoms with van der Waals surface area (Å²) in [5.41, 5.74) is 8.16. The van der Waals surface area contributed by atoms with Crippen LogP contribution in [0.1, 0.15) is 60.9 Å². The van der Waals surface area contributed by atoms with Crippen molar-refractivity contribution in [2.75, 3.05) is 25.4 Å². The average Bonchev–Trinajstić information content (AvgIpc) is 3.05. The number of fused-ring (bicyclic) bond motifs is 4. The number of rotatable bonds is 2. The van der Waals surface area contributed by atoms with Crippen LogP contribution in [0.15, 0.2) is 6.07 Å². The number of halogens is 1. The van der Waals surface area contributed by atoms with Gasteiger partial charge >= 0.3 is 0 Å². The van der Waals surface area contributed by atoms with Crippen LogP contribution in [-0.4, -0.2) is 42.1 Å². The number of carbonyl (C=O) groups is 1. The minimum absolute atomic E-state index is 0.0697. The Morgan fingerprint density at radius 1 is 1.26 bits per heavy atom. The molecule has 1 aromatic rings. The van der Waals surface area contributed by atoms with E-state index in [1.165, 1.54) is 32.1 Å². The number of nitrogens with zero attached hydrogens (tertiary/aromatic N) is 1. The van der Waals surface area contributed by atoms with Gasteiger partial charge in [0.2, 0.25) is 0 Å². The molecule has 0 radical (unpaired) electrons. The molecule has 6 rings (SSSR count). The quantitative estimate of drug-likeness (QED) is 0.761. The van der Waals surface area contributed by atoms with E-state index in [4.69, 9.17) is 22.1 Å². The van der Waals surface area contributed by atoms with Crippen molar-refractivity contribution in [2.45, 2.75) is 63.0 Å². The van der Waals surface area contributed by atoms with Crippen LogP contribution in [0, 0.1) is 5.92 Å². The van der Waals surface area contributed by atoms with Crippen molar-refractivity contribution in [3.8, 4) is 5.75 Å². The third kappa shape index (κ3) is 2.99. The second-order valence-electron chi connectivity index (χ2n) is 8.87. The summed E-state index contributed by atoms with van der Waals surface area (Å²) < 4.78 is 6.46. The molecular formula is C21H28ClN3O2. The zero-order valence-corrected chi connectivity index (χ0v) is 16.5. The Morgan fingerprint density at radius 2 is 2.00 bits per heavy atom. The SMILES string of the molecule is Nc1c(Cl)cc(C(=O)NC2CN3CCC2CC3)c2c1CC1(CCCCC1)O2. The number of hydrogen-bond acceptors (Lipinski definition) is 4. The van der Waals surface area contributed by atoms with Crippen molar-refractivity contribution in [3.63, 3.8) is 0 Å². The number of piperidine rings is 3. The summed E-state index contributed by atoms with van der Waals surface area (Å²) in [7, 11) is 0. The lowest BCUT2D eigenvalue weighted by atomic mass is 9.81. The van der Waals surface area contributed by atoms with E-state index >= 15 is 0 Å². The molecule has 4 fully saturated rings. The molecule has 1 amide bonds. The first-order valence-electron chi connectivity index (χ1n) is 10.4. The minimum Gasteiger partial charge on any atom is -0.486 e. The Morgan fingerprint density at radius 3 is 2.67 bits per heavy atom. The molecule has 1 unspecified atom stereocenters. The third-order valence-electron chi connectivity index (χ3n) is 7.17. The van der Waals surface area contributed by atoms with Crippen LogP contribution in [-0.2, 0) is 6.42 Å². The molecule has 3 saturated heterocycles. The summed E-state index contributed by atoms with van der Waals surface area (Å²) in [6.45, 7) is 3.27. The number of benzene rings is 1. The maximum absolute atomic E-state index is 13.2. The fourth-order valence-corrected chi connectivity index (χ4v) is 5.81. The van der Waals surface area contributed by atoms with Gasteiger partial charge in [-0.1, -0.05) is 18.0 Å². The smallest absolute Gasteiger partial charge is 0.255 e. The molecule has 1 aromatic carbocycles. The lowest BCUT2D eigenvalue weighted by Gasteiger charge is -2.45. The maximum Gasteiger partial charge on any atom is 0.255 e.